The van der Waals surface area contributed by atoms with Crippen LogP contribution in [0.3, 0.4) is 0 Å². The second kappa shape index (κ2) is 5.09. The lowest BCUT2D eigenvalue weighted by molar-refractivity contribution is 0.391. The quantitative estimate of drug-likeness (QED) is 0.903. The van der Waals surface area contributed by atoms with Gasteiger partial charge in [0.2, 0.25) is 0 Å². The molecule has 1 aromatic heterocycles. The molecular weight excluding hydrogens is 245 g/mol. The third-order valence-electron chi connectivity index (χ3n) is 3.57. The SMILES string of the molecule is Cc1cccc(-c2nc(C3CCNCC3)no2)c1F. The third kappa shape index (κ3) is 2.38. The first kappa shape index (κ1) is 12.3. The molecule has 1 fully saturated rings. The van der Waals surface area contributed by atoms with Crippen LogP contribution >= 0.6 is 0 Å². The summed E-state index contributed by atoms with van der Waals surface area (Å²) in [4.78, 5) is 4.36. The van der Waals surface area contributed by atoms with Crippen LogP contribution in [0.15, 0.2) is 22.7 Å². The standard InChI is InChI=1S/C14H16FN3O/c1-9-3-2-4-11(12(9)15)14-17-13(18-19-14)10-5-7-16-8-6-10/h2-4,10,16H,5-8H2,1H3. The molecule has 0 saturated carbocycles. The molecule has 1 N–H and O–H groups in total. The van der Waals surface area contributed by atoms with Gasteiger partial charge in [0.15, 0.2) is 5.82 Å². The first-order valence-corrected chi connectivity index (χ1v) is 6.55. The number of hydrogen-bond acceptors (Lipinski definition) is 4. The van der Waals surface area contributed by atoms with E-state index < -0.39 is 0 Å². The molecule has 0 amide bonds. The zero-order valence-corrected chi connectivity index (χ0v) is 10.8. The van der Waals surface area contributed by atoms with Crippen LogP contribution in [0.25, 0.3) is 11.5 Å². The van der Waals surface area contributed by atoms with Crippen molar-refractivity contribution in [2.24, 2.45) is 0 Å². The fraction of sp³-hybridized carbons (Fsp3) is 0.429. The van der Waals surface area contributed by atoms with Crippen LogP contribution in [0.5, 0.6) is 0 Å². The van der Waals surface area contributed by atoms with Crippen LogP contribution in [-0.2, 0) is 0 Å². The van der Waals surface area contributed by atoms with Gasteiger partial charge in [-0.3, -0.25) is 0 Å². The predicted octanol–water partition coefficient (Wildman–Crippen LogP) is 2.65. The van der Waals surface area contributed by atoms with E-state index in [4.69, 9.17) is 4.52 Å². The van der Waals surface area contributed by atoms with E-state index in [9.17, 15) is 4.39 Å². The van der Waals surface area contributed by atoms with Crippen LogP contribution < -0.4 is 5.32 Å². The van der Waals surface area contributed by atoms with E-state index in [0.717, 1.165) is 25.9 Å². The number of aromatic nitrogens is 2. The fourth-order valence-electron chi connectivity index (χ4n) is 2.40. The summed E-state index contributed by atoms with van der Waals surface area (Å²) < 4.78 is 19.2. The van der Waals surface area contributed by atoms with Gasteiger partial charge >= 0.3 is 0 Å². The summed E-state index contributed by atoms with van der Waals surface area (Å²) in [7, 11) is 0. The van der Waals surface area contributed by atoms with E-state index in [0.29, 0.717) is 22.9 Å². The summed E-state index contributed by atoms with van der Waals surface area (Å²) in [6, 6.07) is 5.19. The Morgan fingerprint density at radius 3 is 2.89 bits per heavy atom. The van der Waals surface area contributed by atoms with Crippen molar-refractivity contribution in [1.82, 2.24) is 15.5 Å². The van der Waals surface area contributed by atoms with Crippen molar-refractivity contribution in [3.8, 4) is 11.5 Å². The molecule has 0 radical (unpaired) electrons. The Balaban J connectivity index is 1.90. The largest absolute Gasteiger partial charge is 0.334 e. The maximum Gasteiger partial charge on any atom is 0.260 e. The maximum absolute atomic E-state index is 14.0. The molecule has 0 spiro atoms. The Labute approximate surface area is 111 Å². The minimum Gasteiger partial charge on any atom is -0.334 e. The first-order chi connectivity index (χ1) is 9.25. The Morgan fingerprint density at radius 1 is 1.32 bits per heavy atom. The van der Waals surface area contributed by atoms with Gasteiger partial charge in [0.1, 0.15) is 5.82 Å². The van der Waals surface area contributed by atoms with Crippen LogP contribution in [0.4, 0.5) is 4.39 Å². The first-order valence-electron chi connectivity index (χ1n) is 6.55. The third-order valence-corrected chi connectivity index (χ3v) is 3.57. The number of halogens is 1. The summed E-state index contributed by atoms with van der Waals surface area (Å²) in [5.74, 6) is 0.988. The molecule has 2 heterocycles. The number of rotatable bonds is 2. The van der Waals surface area contributed by atoms with Crippen molar-refractivity contribution < 1.29 is 8.91 Å². The van der Waals surface area contributed by atoms with Gasteiger partial charge in [0, 0.05) is 5.92 Å². The van der Waals surface area contributed by atoms with Crippen molar-refractivity contribution in [3.63, 3.8) is 0 Å². The highest BCUT2D eigenvalue weighted by atomic mass is 19.1. The number of aryl methyl sites for hydroxylation is 1. The predicted molar refractivity (Wildman–Crippen MR) is 69.3 cm³/mol. The highest BCUT2D eigenvalue weighted by Gasteiger charge is 2.22. The van der Waals surface area contributed by atoms with Crippen LogP contribution in [0.1, 0.15) is 30.1 Å². The lowest BCUT2D eigenvalue weighted by atomic mass is 9.98. The summed E-state index contributed by atoms with van der Waals surface area (Å²) in [6.45, 7) is 3.66. The van der Waals surface area contributed by atoms with Gasteiger partial charge < -0.3 is 9.84 Å². The average Bonchev–Trinajstić information content (AvgIpc) is 2.92. The molecule has 0 unspecified atom stereocenters. The Kier molecular flexibility index (Phi) is 3.29. The Hall–Kier alpha value is -1.75. The van der Waals surface area contributed by atoms with Gasteiger partial charge in [-0.15, -0.1) is 0 Å². The average molecular weight is 261 g/mol. The number of hydrogen-bond donors (Lipinski definition) is 1. The molecule has 2 aromatic rings. The van der Waals surface area contributed by atoms with Gasteiger partial charge in [-0.2, -0.15) is 4.98 Å². The summed E-state index contributed by atoms with van der Waals surface area (Å²) >= 11 is 0. The normalized spacial score (nSPS) is 16.7. The highest BCUT2D eigenvalue weighted by Crippen LogP contribution is 2.27. The van der Waals surface area contributed by atoms with Gasteiger partial charge in [0.25, 0.3) is 5.89 Å². The van der Waals surface area contributed by atoms with Gasteiger partial charge in [0.05, 0.1) is 5.56 Å². The fourth-order valence-corrected chi connectivity index (χ4v) is 2.40. The molecule has 19 heavy (non-hydrogen) atoms. The maximum atomic E-state index is 14.0. The molecule has 1 aliphatic heterocycles. The Morgan fingerprint density at radius 2 is 2.11 bits per heavy atom. The molecule has 0 bridgehead atoms. The molecular formula is C14H16FN3O. The molecule has 1 aromatic carbocycles. The van der Waals surface area contributed by atoms with E-state index in [1.54, 1.807) is 25.1 Å². The smallest absolute Gasteiger partial charge is 0.260 e. The molecule has 0 aliphatic carbocycles. The van der Waals surface area contributed by atoms with Crippen molar-refractivity contribution in [1.29, 1.82) is 0 Å². The molecule has 4 nitrogen and oxygen atoms in total. The number of piperidine rings is 1. The lowest BCUT2D eigenvalue weighted by Crippen LogP contribution is -2.27. The van der Waals surface area contributed by atoms with Crippen LogP contribution in [-0.4, -0.2) is 23.2 Å². The van der Waals surface area contributed by atoms with E-state index in [1.165, 1.54) is 0 Å². The zero-order valence-electron chi connectivity index (χ0n) is 10.8. The number of nitrogens with zero attached hydrogens (tertiary/aromatic N) is 2. The van der Waals surface area contributed by atoms with Crippen LogP contribution in [0.2, 0.25) is 0 Å². The molecule has 5 heteroatoms. The molecule has 100 valence electrons. The van der Waals surface area contributed by atoms with Gasteiger partial charge in [-0.25, -0.2) is 4.39 Å². The minimum atomic E-state index is -0.289. The second-order valence-electron chi connectivity index (χ2n) is 4.92. The van der Waals surface area contributed by atoms with Crippen molar-refractivity contribution in [2.45, 2.75) is 25.7 Å². The van der Waals surface area contributed by atoms with Gasteiger partial charge in [-0.05, 0) is 44.5 Å². The molecule has 1 saturated heterocycles. The minimum absolute atomic E-state index is 0.273. The lowest BCUT2D eigenvalue weighted by Gasteiger charge is -2.18. The summed E-state index contributed by atoms with van der Waals surface area (Å²) in [6.07, 6.45) is 1.99. The highest BCUT2D eigenvalue weighted by molar-refractivity contribution is 5.55. The molecule has 0 atom stereocenters. The van der Waals surface area contributed by atoms with E-state index in [1.807, 2.05) is 0 Å². The summed E-state index contributed by atoms with van der Waals surface area (Å²) in [5.41, 5.74) is 0.965. The monoisotopic (exact) mass is 261 g/mol. The molecule has 3 rings (SSSR count). The van der Waals surface area contributed by atoms with Crippen molar-refractivity contribution >= 4 is 0 Å². The number of nitrogens with one attached hydrogen (secondary N) is 1. The van der Waals surface area contributed by atoms with Crippen molar-refractivity contribution in [3.05, 3.63) is 35.4 Å². The zero-order chi connectivity index (χ0) is 13.2. The van der Waals surface area contributed by atoms with E-state index in [-0.39, 0.29) is 11.7 Å². The number of benzene rings is 1. The van der Waals surface area contributed by atoms with Crippen molar-refractivity contribution in [2.75, 3.05) is 13.1 Å². The Bertz CT molecular complexity index is 576. The van der Waals surface area contributed by atoms with Gasteiger partial charge in [-0.1, -0.05) is 17.3 Å². The van der Waals surface area contributed by atoms with Crippen LogP contribution in [0, 0.1) is 12.7 Å². The molecule has 1 aliphatic rings. The topological polar surface area (TPSA) is 51.0 Å². The summed E-state index contributed by atoms with van der Waals surface area (Å²) in [5, 5.41) is 7.30. The van der Waals surface area contributed by atoms with E-state index >= 15 is 0 Å². The second-order valence-corrected chi connectivity index (χ2v) is 4.92. The van der Waals surface area contributed by atoms with E-state index in [2.05, 4.69) is 15.5 Å².